The maximum Gasteiger partial charge on any atom is 0.406 e. The highest BCUT2D eigenvalue weighted by Crippen LogP contribution is 2.44. The van der Waals surface area contributed by atoms with Crippen molar-refractivity contribution >= 4 is 0 Å². The molecule has 0 atom stereocenters. The van der Waals surface area contributed by atoms with E-state index in [1.54, 1.807) is 0 Å². The molecule has 10 heavy (non-hydrogen) atoms. The number of halogens is 3. The molecule has 1 fully saturated rings. The minimum absolute atomic E-state index is 0.229. The predicted octanol–water partition coefficient (Wildman–Crippen LogP) is 1.69. The summed E-state index contributed by atoms with van der Waals surface area (Å²) in [4.78, 5) is 0. The van der Waals surface area contributed by atoms with Gasteiger partial charge in [0.25, 0.3) is 0 Å². The monoisotopic (exact) mass is 153 g/mol. The largest absolute Gasteiger partial charge is 0.406 e. The van der Waals surface area contributed by atoms with Crippen LogP contribution in [0.3, 0.4) is 0 Å². The van der Waals surface area contributed by atoms with E-state index >= 15 is 0 Å². The molecule has 0 amide bonds. The van der Waals surface area contributed by atoms with Gasteiger partial charge < -0.3 is 5.32 Å². The standard InChI is InChI=1S/C6H10F3N/c1-10-5(3-2-4-5)6(7,8)9/h10H,2-4H2,1H3. The lowest BCUT2D eigenvalue weighted by atomic mass is 9.76. The van der Waals surface area contributed by atoms with Crippen molar-refractivity contribution in [3.8, 4) is 0 Å². The van der Waals surface area contributed by atoms with Crippen molar-refractivity contribution in [2.24, 2.45) is 0 Å². The smallest absolute Gasteiger partial charge is 0.307 e. The van der Waals surface area contributed by atoms with Gasteiger partial charge in [-0.2, -0.15) is 13.2 Å². The van der Waals surface area contributed by atoms with Crippen molar-refractivity contribution < 1.29 is 13.2 Å². The summed E-state index contributed by atoms with van der Waals surface area (Å²) in [7, 11) is 1.37. The Morgan fingerprint density at radius 3 is 1.80 bits per heavy atom. The zero-order chi connectivity index (χ0) is 7.83. The summed E-state index contributed by atoms with van der Waals surface area (Å²) in [6.07, 6.45) is -2.93. The van der Waals surface area contributed by atoms with Crippen LogP contribution in [0.2, 0.25) is 0 Å². The summed E-state index contributed by atoms with van der Waals surface area (Å²) in [5.41, 5.74) is -1.55. The molecule has 0 saturated heterocycles. The first kappa shape index (κ1) is 7.85. The van der Waals surface area contributed by atoms with Crippen LogP contribution in [0.15, 0.2) is 0 Å². The average molecular weight is 153 g/mol. The van der Waals surface area contributed by atoms with Gasteiger partial charge in [-0.15, -0.1) is 0 Å². The normalized spacial score (nSPS) is 24.0. The first-order valence-corrected chi connectivity index (χ1v) is 3.27. The second-order valence-corrected chi connectivity index (χ2v) is 2.68. The number of alkyl halides is 3. The molecule has 0 aromatic heterocycles. The zero-order valence-electron chi connectivity index (χ0n) is 5.76. The SMILES string of the molecule is CNC1(C(F)(F)F)CCC1. The van der Waals surface area contributed by atoms with Gasteiger partial charge in [-0.25, -0.2) is 0 Å². The molecule has 0 heterocycles. The Balaban J connectivity index is 2.65. The molecule has 0 unspecified atom stereocenters. The van der Waals surface area contributed by atoms with Gasteiger partial charge in [0, 0.05) is 0 Å². The molecular weight excluding hydrogens is 143 g/mol. The molecule has 0 aliphatic heterocycles. The quantitative estimate of drug-likeness (QED) is 0.604. The molecule has 0 spiro atoms. The Kier molecular flexibility index (Phi) is 1.66. The topological polar surface area (TPSA) is 12.0 Å². The Hall–Kier alpha value is -0.250. The van der Waals surface area contributed by atoms with Crippen molar-refractivity contribution in [2.45, 2.75) is 31.0 Å². The molecule has 4 heteroatoms. The van der Waals surface area contributed by atoms with Gasteiger partial charge in [0.15, 0.2) is 0 Å². The van der Waals surface area contributed by atoms with Gasteiger partial charge in [-0.05, 0) is 26.3 Å². The molecule has 1 saturated carbocycles. The van der Waals surface area contributed by atoms with Crippen LogP contribution in [0.5, 0.6) is 0 Å². The molecule has 1 aliphatic rings. The third kappa shape index (κ3) is 0.905. The Morgan fingerprint density at radius 1 is 1.30 bits per heavy atom. The van der Waals surface area contributed by atoms with Gasteiger partial charge in [0.05, 0.1) is 0 Å². The van der Waals surface area contributed by atoms with Crippen molar-refractivity contribution in [1.29, 1.82) is 0 Å². The summed E-state index contributed by atoms with van der Waals surface area (Å²) in [6.45, 7) is 0. The maximum absolute atomic E-state index is 12.1. The van der Waals surface area contributed by atoms with E-state index < -0.39 is 11.7 Å². The minimum Gasteiger partial charge on any atom is -0.307 e. The van der Waals surface area contributed by atoms with Crippen molar-refractivity contribution in [2.75, 3.05) is 7.05 Å². The molecule has 1 N–H and O–H groups in total. The van der Waals surface area contributed by atoms with E-state index in [9.17, 15) is 13.2 Å². The fourth-order valence-electron chi connectivity index (χ4n) is 1.21. The minimum atomic E-state index is -4.07. The summed E-state index contributed by atoms with van der Waals surface area (Å²) < 4.78 is 36.3. The number of hydrogen-bond donors (Lipinski definition) is 1. The van der Waals surface area contributed by atoms with E-state index in [0.29, 0.717) is 6.42 Å². The predicted molar refractivity (Wildman–Crippen MR) is 31.7 cm³/mol. The van der Waals surface area contributed by atoms with Crippen LogP contribution in [0.4, 0.5) is 13.2 Å². The van der Waals surface area contributed by atoms with Gasteiger partial charge in [-0.3, -0.25) is 0 Å². The lowest BCUT2D eigenvalue weighted by Crippen LogP contribution is -2.60. The molecular formula is C6H10F3N. The van der Waals surface area contributed by atoms with E-state index in [-0.39, 0.29) is 12.8 Å². The Bertz CT molecular complexity index is 120. The summed E-state index contributed by atoms with van der Waals surface area (Å²) >= 11 is 0. The molecule has 1 aliphatic carbocycles. The summed E-state index contributed by atoms with van der Waals surface area (Å²) in [5.74, 6) is 0. The van der Waals surface area contributed by atoms with Crippen LogP contribution in [0.25, 0.3) is 0 Å². The molecule has 0 aromatic rings. The molecule has 60 valence electrons. The molecule has 1 nitrogen and oxygen atoms in total. The Labute approximate surface area is 57.6 Å². The van der Waals surface area contributed by atoms with E-state index in [1.807, 2.05) is 0 Å². The van der Waals surface area contributed by atoms with Crippen LogP contribution in [0.1, 0.15) is 19.3 Å². The van der Waals surface area contributed by atoms with E-state index in [0.717, 1.165) is 0 Å². The third-order valence-electron chi connectivity index (χ3n) is 2.23. The van der Waals surface area contributed by atoms with Crippen LogP contribution < -0.4 is 5.32 Å². The second kappa shape index (κ2) is 2.12. The van der Waals surface area contributed by atoms with Crippen LogP contribution in [-0.2, 0) is 0 Å². The zero-order valence-corrected chi connectivity index (χ0v) is 5.76. The van der Waals surface area contributed by atoms with Crippen molar-refractivity contribution in [3.63, 3.8) is 0 Å². The van der Waals surface area contributed by atoms with Gasteiger partial charge >= 0.3 is 6.18 Å². The fraction of sp³-hybridized carbons (Fsp3) is 1.00. The highest BCUT2D eigenvalue weighted by Gasteiger charge is 2.57. The van der Waals surface area contributed by atoms with Crippen LogP contribution in [0, 0.1) is 0 Å². The first-order chi connectivity index (χ1) is 4.52. The average Bonchev–Trinajstić information content (AvgIpc) is 1.58. The highest BCUT2D eigenvalue weighted by molar-refractivity contribution is 5.00. The second-order valence-electron chi connectivity index (χ2n) is 2.68. The number of rotatable bonds is 1. The van der Waals surface area contributed by atoms with E-state index in [1.165, 1.54) is 7.05 Å². The number of hydrogen-bond acceptors (Lipinski definition) is 1. The van der Waals surface area contributed by atoms with Crippen molar-refractivity contribution in [3.05, 3.63) is 0 Å². The fourth-order valence-corrected chi connectivity index (χ4v) is 1.21. The molecule has 1 rings (SSSR count). The van der Waals surface area contributed by atoms with Gasteiger partial charge in [0.1, 0.15) is 5.54 Å². The van der Waals surface area contributed by atoms with Crippen LogP contribution >= 0.6 is 0 Å². The van der Waals surface area contributed by atoms with Gasteiger partial charge in [0.2, 0.25) is 0 Å². The lowest BCUT2D eigenvalue weighted by Gasteiger charge is -2.42. The molecule has 0 aromatic carbocycles. The summed E-state index contributed by atoms with van der Waals surface area (Å²) in [6, 6.07) is 0. The van der Waals surface area contributed by atoms with E-state index in [2.05, 4.69) is 5.32 Å². The van der Waals surface area contributed by atoms with Crippen molar-refractivity contribution in [1.82, 2.24) is 5.32 Å². The summed E-state index contributed by atoms with van der Waals surface area (Å²) in [5, 5.41) is 2.33. The third-order valence-corrected chi connectivity index (χ3v) is 2.23. The lowest BCUT2D eigenvalue weighted by molar-refractivity contribution is -0.217. The van der Waals surface area contributed by atoms with E-state index in [4.69, 9.17) is 0 Å². The Morgan fingerprint density at radius 2 is 1.80 bits per heavy atom. The molecule has 0 radical (unpaired) electrons. The molecule has 0 bridgehead atoms. The maximum atomic E-state index is 12.1. The van der Waals surface area contributed by atoms with Crippen LogP contribution in [-0.4, -0.2) is 18.8 Å². The highest BCUT2D eigenvalue weighted by atomic mass is 19.4. The first-order valence-electron chi connectivity index (χ1n) is 3.27. The van der Waals surface area contributed by atoms with Gasteiger partial charge in [-0.1, -0.05) is 0 Å². The number of nitrogens with one attached hydrogen (secondary N) is 1.